The molecular formula is C26H32N4O. The summed E-state index contributed by atoms with van der Waals surface area (Å²) >= 11 is 0. The number of pyridine rings is 1. The fourth-order valence-corrected chi connectivity index (χ4v) is 4.48. The Hall–Kier alpha value is -3.34. The van der Waals surface area contributed by atoms with E-state index in [1.165, 1.54) is 5.56 Å². The van der Waals surface area contributed by atoms with Crippen LogP contribution >= 0.6 is 0 Å². The second kappa shape index (κ2) is 10.1. The van der Waals surface area contributed by atoms with Crippen LogP contribution in [-0.2, 0) is 17.6 Å². The molecule has 0 aliphatic heterocycles. The number of anilines is 2. The predicted molar refractivity (Wildman–Crippen MR) is 127 cm³/mol. The number of aromatic nitrogens is 1. The van der Waals surface area contributed by atoms with Crippen molar-refractivity contribution >= 4 is 17.3 Å². The molecule has 2 aromatic carbocycles. The van der Waals surface area contributed by atoms with Gasteiger partial charge in [0.15, 0.2) is 0 Å². The van der Waals surface area contributed by atoms with E-state index in [9.17, 15) is 4.79 Å². The standard InChI is InChI=1S/C26H32N4O/c1-17-8-19(12-23(27)10-17)5-6-21(15-26(29)31)25(13-20-4-3-7-30-16-20)22-9-18(2)11-24(28)14-22/h3-4,7-12,14,16,21,25H,5-6,13,15,27-28H2,1-2H3,(H2,29,31). The molecule has 0 spiro atoms. The molecule has 0 aliphatic carbocycles. The van der Waals surface area contributed by atoms with E-state index in [0.717, 1.165) is 52.9 Å². The third-order valence-corrected chi connectivity index (χ3v) is 5.72. The van der Waals surface area contributed by atoms with Crippen LogP contribution in [0.4, 0.5) is 11.4 Å². The Morgan fingerprint density at radius 2 is 1.68 bits per heavy atom. The van der Waals surface area contributed by atoms with Gasteiger partial charge in [-0.3, -0.25) is 9.78 Å². The Kier molecular flexibility index (Phi) is 7.29. The van der Waals surface area contributed by atoms with Crippen LogP contribution in [-0.4, -0.2) is 10.9 Å². The van der Waals surface area contributed by atoms with Crippen LogP contribution in [0.3, 0.4) is 0 Å². The first kappa shape index (κ1) is 22.3. The SMILES string of the molecule is Cc1cc(N)cc(CCC(CC(N)=O)C(Cc2cccnc2)c2cc(C)cc(N)c2)c1. The first-order valence-corrected chi connectivity index (χ1v) is 10.7. The molecule has 0 saturated heterocycles. The number of primary amides is 1. The van der Waals surface area contributed by atoms with Crippen molar-refractivity contribution in [1.82, 2.24) is 4.98 Å². The van der Waals surface area contributed by atoms with Crippen molar-refractivity contribution in [3.8, 4) is 0 Å². The van der Waals surface area contributed by atoms with Gasteiger partial charge in [0.25, 0.3) is 0 Å². The van der Waals surface area contributed by atoms with Gasteiger partial charge in [0, 0.05) is 30.2 Å². The molecule has 0 aliphatic rings. The molecule has 0 radical (unpaired) electrons. The molecule has 0 saturated carbocycles. The molecule has 0 fully saturated rings. The summed E-state index contributed by atoms with van der Waals surface area (Å²) in [4.78, 5) is 16.3. The molecule has 5 heteroatoms. The third-order valence-electron chi connectivity index (χ3n) is 5.72. The first-order valence-electron chi connectivity index (χ1n) is 10.7. The summed E-state index contributed by atoms with van der Waals surface area (Å²) in [5.74, 6) is -0.118. The van der Waals surface area contributed by atoms with Crippen LogP contribution in [0.2, 0.25) is 0 Å². The number of benzene rings is 2. The molecule has 2 unspecified atom stereocenters. The Bertz CT molecular complexity index is 992. The number of carbonyl (C=O) groups excluding carboxylic acids is 1. The van der Waals surface area contributed by atoms with Gasteiger partial charge in [0.2, 0.25) is 5.91 Å². The normalized spacial score (nSPS) is 13.0. The molecule has 5 nitrogen and oxygen atoms in total. The van der Waals surface area contributed by atoms with E-state index < -0.39 is 0 Å². The van der Waals surface area contributed by atoms with E-state index in [4.69, 9.17) is 17.2 Å². The van der Waals surface area contributed by atoms with Crippen LogP contribution in [0.15, 0.2) is 60.9 Å². The van der Waals surface area contributed by atoms with Crippen molar-refractivity contribution in [2.75, 3.05) is 11.5 Å². The molecule has 3 aromatic rings. The minimum absolute atomic E-state index is 0.0700. The maximum atomic E-state index is 12.0. The number of hydrogen-bond acceptors (Lipinski definition) is 4. The lowest BCUT2D eigenvalue weighted by Crippen LogP contribution is -2.24. The largest absolute Gasteiger partial charge is 0.399 e. The second-order valence-corrected chi connectivity index (χ2v) is 8.57. The quantitative estimate of drug-likeness (QED) is 0.452. The van der Waals surface area contributed by atoms with Crippen molar-refractivity contribution < 1.29 is 4.79 Å². The van der Waals surface area contributed by atoms with Gasteiger partial charge in [-0.15, -0.1) is 0 Å². The van der Waals surface area contributed by atoms with Crippen LogP contribution in [0.5, 0.6) is 0 Å². The smallest absolute Gasteiger partial charge is 0.217 e. The number of rotatable bonds is 9. The van der Waals surface area contributed by atoms with Gasteiger partial charge in [-0.2, -0.15) is 0 Å². The van der Waals surface area contributed by atoms with Gasteiger partial charge >= 0.3 is 0 Å². The molecule has 162 valence electrons. The molecule has 0 bridgehead atoms. The number of amides is 1. The molecule has 1 aromatic heterocycles. The number of aryl methyl sites for hydroxylation is 3. The fourth-order valence-electron chi connectivity index (χ4n) is 4.48. The number of nitrogens with zero attached hydrogens (tertiary/aromatic N) is 1. The van der Waals surface area contributed by atoms with Gasteiger partial charge in [-0.05, 0) is 103 Å². The summed E-state index contributed by atoms with van der Waals surface area (Å²) in [5, 5.41) is 0. The van der Waals surface area contributed by atoms with Gasteiger partial charge in [-0.25, -0.2) is 0 Å². The molecule has 1 amide bonds. The summed E-state index contributed by atoms with van der Waals surface area (Å²) in [6, 6.07) is 16.3. The van der Waals surface area contributed by atoms with E-state index in [0.29, 0.717) is 6.42 Å². The highest BCUT2D eigenvalue weighted by Gasteiger charge is 2.26. The average Bonchev–Trinajstić information content (AvgIpc) is 2.68. The van der Waals surface area contributed by atoms with Gasteiger partial charge < -0.3 is 17.2 Å². The Balaban J connectivity index is 1.94. The van der Waals surface area contributed by atoms with Crippen molar-refractivity contribution in [2.24, 2.45) is 11.7 Å². The Morgan fingerprint density at radius 1 is 0.968 bits per heavy atom. The third kappa shape index (κ3) is 6.57. The highest BCUT2D eigenvalue weighted by atomic mass is 16.1. The van der Waals surface area contributed by atoms with Gasteiger partial charge in [0.05, 0.1) is 0 Å². The summed E-state index contributed by atoms with van der Waals surface area (Å²) in [7, 11) is 0. The summed E-state index contributed by atoms with van der Waals surface area (Å²) < 4.78 is 0. The summed E-state index contributed by atoms with van der Waals surface area (Å²) in [6.45, 7) is 4.08. The van der Waals surface area contributed by atoms with Crippen molar-refractivity contribution in [3.63, 3.8) is 0 Å². The minimum Gasteiger partial charge on any atom is -0.399 e. The van der Waals surface area contributed by atoms with Crippen molar-refractivity contribution in [2.45, 2.75) is 45.4 Å². The summed E-state index contributed by atoms with van der Waals surface area (Å²) in [5.41, 5.74) is 25.1. The lowest BCUT2D eigenvalue weighted by molar-refractivity contribution is -0.119. The van der Waals surface area contributed by atoms with Crippen LogP contribution < -0.4 is 17.2 Å². The van der Waals surface area contributed by atoms with E-state index in [1.807, 2.05) is 50.4 Å². The van der Waals surface area contributed by atoms with Crippen LogP contribution in [0.25, 0.3) is 0 Å². The zero-order valence-electron chi connectivity index (χ0n) is 18.3. The maximum absolute atomic E-state index is 12.0. The zero-order chi connectivity index (χ0) is 22.4. The predicted octanol–water partition coefficient (Wildman–Crippen LogP) is 4.31. The van der Waals surface area contributed by atoms with Gasteiger partial charge in [0.1, 0.15) is 0 Å². The lowest BCUT2D eigenvalue weighted by atomic mass is 9.76. The van der Waals surface area contributed by atoms with Gasteiger partial charge in [-0.1, -0.05) is 18.2 Å². The fraction of sp³-hybridized carbons (Fsp3) is 0.308. The molecular weight excluding hydrogens is 384 g/mol. The molecule has 1 heterocycles. The van der Waals surface area contributed by atoms with Crippen molar-refractivity contribution in [3.05, 3.63) is 88.7 Å². The number of nitrogen functional groups attached to an aromatic ring is 2. The first-order chi connectivity index (χ1) is 14.8. The number of carbonyl (C=O) groups is 1. The second-order valence-electron chi connectivity index (χ2n) is 8.57. The number of nitrogens with two attached hydrogens (primary N) is 3. The van der Waals surface area contributed by atoms with E-state index in [-0.39, 0.29) is 17.7 Å². The minimum atomic E-state index is -0.287. The lowest BCUT2D eigenvalue weighted by Gasteiger charge is -2.28. The van der Waals surface area contributed by atoms with E-state index >= 15 is 0 Å². The van der Waals surface area contributed by atoms with Crippen LogP contribution in [0.1, 0.15) is 46.6 Å². The van der Waals surface area contributed by atoms with E-state index in [1.54, 1.807) is 6.20 Å². The maximum Gasteiger partial charge on any atom is 0.217 e. The monoisotopic (exact) mass is 416 g/mol. The number of hydrogen-bond donors (Lipinski definition) is 3. The van der Waals surface area contributed by atoms with E-state index in [2.05, 4.69) is 23.2 Å². The molecule has 6 N–H and O–H groups in total. The average molecular weight is 417 g/mol. The molecule has 3 rings (SSSR count). The topological polar surface area (TPSA) is 108 Å². The summed E-state index contributed by atoms with van der Waals surface area (Å²) in [6.07, 6.45) is 6.39. The highest BCUT2D eigenvalue weighted by Crippen LogP contribution is 2.35. The highest BCUT2D eigenvalue weighted by molar-refractivity contribution is 5.74. The molecule has 31 heavy (non-hydrogen) atoms. The Morgan fingerprint density at radius 3 is 2.29 bits per heavy atom. The van der Waals surface area contributed by atoms with Crippen molar-refractivity contribution in [1.29, 1.82) is 0 Å². The van der Waals surface area contributed by atoms with Crippen LogP contribution in [0, 0.1) is 19.8 Å². The molecule has 2 atom stereocenters. The Labute approximate surface area is 184 Å². The zero-order valence-corrected chi connectivity index (χ0v) is 18.3.